The number of aromatic nitrogens is 2. The summed E-state index contributed by atoms with van der Waals surface area (Å²) in [5, 5.41) is 7.46. The summed E-state index contributed by atoms with van der Waals surface area (Å²) in [7, 11) is 0. The van der Waals surface area contributed by atoms with Crippen LogP contribution in [0.4, 0.5) is 0 Å². The first-order valence-corrected chi connectivity index (χ1v) is 7.86. The van der Waals surface area contributed by atoms with Crippen molar-refractivity contribution < 1.29 is 4.79 Å². The molecule has 23 heavy (non-hydrogen) atoms. The fourth-order valence-corrected chi connectivity index (χ4v) is 3.13. The van der Waals surface area contributed by atoms with Crippen molar-refractivity contribution in [3.8, 4) is 0 Å². The van der Waals surface area contributed by atoms with Crippen LogP contribution in [-0.4, -0.2) is 27.4 Å². The number of carbonyl (C=O) groups is 1. The summed E-state index contributed by atoms with van der Waals surface area (Å²) in [5.41, 5.74) is 8.42. The zero-order valence-corrected chi connectivity index (χ0v) is 13.8. The van der Waals surface area contributed by atoms with E-state index in [-0.39, 0.29) is 11.4 Å². The molecule has 0 aliphatic heterocycles. The molecule has 1 fully saturated rings. The monoisotopic (exact) mass is 313 g/mol. The fraction of sp³-hybridized carbons (Fsp3) is 0.471. The lowest BCUT2D eigenvalue weighted by Gasteiger charge is -2.19. The molecule has 1 heterocycles. The predicted molar refractivity (Wildman–Crippen MR) is 91.1 cm³/mol. The van der Waals surface area contributed by atoms with Crippen LogP contribution in [0.5, 0.6) is 0 Å². The third kappa shape index (κ3) is 2.93. The standard InChI is InChI=1S/C17H23N5O/c1-5-6-19-9-13(18)22-15-11-7-10(11)8-12(15)14(21-22)16(23)20-17(2,3)4/h5-6,9-11H,1,7-8,18H2,2-4H3,(H,20,23)/b13-9+,19-6?/t10-,11-/m1/s1. The zero-order valence-electron chi connectivity index (χ0n) is 13.8. The first-order valence-electron chi connectivity index (χ1n) is 7.86. The Bertz CT molecular complexity index is 720. The molecule has 6 nitrogen and oxygen atoms in total. The number of nitrogens with one attached hydrogen (secondary N) is 1. The molecule has 2 aliphatic carbocycles. The van der Waals surface area contributed by atoms with Crippen molar-refractivity contribution in [1.29, 1.82) is 0 Å². The SMILES string of the molecule is C=CC=N/C=C(\N)n1nc(C(=O)NC(C)(C)C)c2c1[C@@H]1C[C@@H]1C2. The molecule has 1 saturated carbocycles. The summed E-state index contributed by atoms with van der Waals surface area (Å²) in [4.78, 5) is 16.6. The molecule has 1 aromatic heterocycles. The molecule has 1 aromatic rings. The van der Waals surface area contributed by atoms with Crippen LogP contribution in [0.25, 0.3) is 5.82 Å². The van der Waals surface area contributed by atoms with Gasteiger partial charge in [-0.05, 0) is 39.5 Å². The second-order valence-electron chi connectivity index (χ2n) is 7.22. The first-order chi connectivity index (χ1) is 10.8. The molecule has 0 spiro atoms. The highest BCUT2D eigenvalue weighted by molar-refractivity contribution is 5.95. The average molecular weight is 313 g/mol. The van der Waals surface area contributed by atoms with Gasteiger partial charge in [-0.1, -0.05) is 12.7 Å². The maximum Gasteiger partial charge on any atom is 0.272 e. The van der Waals surface area contributed by atoms with Crippen LogP contribution in [0, 0.1) is 5.92 Å². The van der Waals surface area contributed by atoms with Crippen LogP contribution in [0.15, 0.2) is 23.8 Å². The molecular weight excluding hydrogens is 290 g/mol. The number of amides is 1. The van der Waals surface area contributed by atoms with Gasteiger partial charge in [0.15, 0.2) is 5.69 Å². The molecule has 0 unspecified atom stereocenters. The maximum absolute atomic E-state index is 12.5. The summed E-state index contributed by atoms with van der Waals surface area (Å²) in [6.07, 6.45) is 6.74. The Hall–Kier alpha value is -2.37. The van der Waals surface area contributed by atoms with Gasteiger partial charge in [0, 0.05) is 23.2 Å². The van der Waals surface area contributed by atoms with E-state index in [1.54, 1.807) is 17.0 Å². The summed E-state index contributed by atoms with van der Waals surface area (Å²) in [5.74, 6) is 1.39. The van der Waals surface area contributed by atoms with E-state index in [9.17, 15) is 4.79 Å². The fourth-order valence-electron chi connectivity index (χ4n) is 3.13. The van der Waals surface area contributed by atoms with Gasteiger partial charge in [0.1, 0.15) is 5.82 Å². The van der Waals surface area contributed by atoms with Crippen LogP contribution >= 0.6 is 0 Å². The number of rotatable bonds is 4. The van der Waals surface area contributed by atoms with Gasteiger partial charge in [-0.2, -0.15) is 5.10 Å². The molecule has 122 valence electrons. The molecule has 0 bridgehead atoms. The minimum Gasteiger partial charge on any atom is -0.382 e. The van der Waals surface area contributed by atoms with Gasteiger partial charge >= 0.3 is 0 Å². The minimum absolute atomic E-state index is 0.142. The molecular formula is C17H23N5O. The van der Waals surface area contributed by atoms with Gasteiger partial charge in [0.2, 0.25) is 0 Å². The molecule has 0 radical (unpaired) electrons. The zero-order chi connectivity index (χ0) is 16.8. The number of fused-ring (bicyclic) bond motifs is 3. The van der Waals surface area contributed by atoms with Crippen molar-refractivity contribution in [2.24, 2.45) is 16.6 Å². The van der Waals surface area contributed by atoms with Crippen molar-refractivity contribution in [2.45, 2.75) is 45.1 Å². The number of nitrogens with zero attached hydrogens (tertiary/aromatic N) is 3. The van der Waals surface area contributed by atoms with Crippen molar-refractivity contribution >= 4 is 17.9 Å². The summed E-state index contributed by atoms with van der Waals surface area (Å²) in [6, 6.07) is 0. The van der Waals surface area contributed by atoms with E-state index in [4.69, 9.17) is 5.73 Å². The summed E-state index contributed by atoms with van der Waals surface area (Å²) >= 11 is 0. The largest absolute Gasteiger partial charge is 0.382 e. The second-order valence-corrected chi connectivity index (χ2v) is 7.22. The van der Waals surface area contributed by atoms with Crippen LogP contribution in [-0.2, 0) is 6.42 Å². The number of nitrogens with two attached hydrogens (primary N) is 1. The Morgan fingerprint density at radius 1 is 1.52 bits per heavy atom. The van der Waals surface area contributed by atoms with E-state index in [1.807, 2.05) is 20.8 Å². The highest BCUT2D eigenvalue weighted by Gasteiger charge is 2.50. The van der Waals surface area contributed by atoms with Crippen molar-refractivity contribution in [3.63, 3.8) is 0 Å². The molecule has 6 heteroatoms. The van der Waals surface area contributed by atoms with Crippen molar-refractivity contribution in [3.05, 3.63) is 35.8 Å². The van der Waals surface area contributed by atoms with Gasteiger partial charge in [-0.3, -0.25) is 9.79 Å². The van der Waals surface area contributed by atoms with Crippen LogP contribution in [0.2, 0.25) is 0 Å². The summed E-state index contributed by atoms with van der Waals surface area (Å²) < 4.78 is 1.69. The average Bonchev–Trinajstić information content (AvgIpc) is 2.93. The van der Waals surface area contributed by atoms with Gasteiger partial charge in [0.05, 0.1) is 11.9 Å². The van der Waals surface area contributed by atoms with Gasteiger partial charge < -0.3 is 11.1 Å². The molecule has 0 aromatic carbocycles. The molecule has 2 aliphatic rings. The Kier molecular flexibility index (Phi) is 3.62. The normalized spacial score (nSPS) is 22.8. The second kappa shape index (κ2) is 5.37. The number of allylic oxidation sites excluding steroid dienone is 1. The smallest absolute Gasteiger partial charge is 0.272 e. The minimum atomic E-state index is -0.301. The lowest BCUT2D eigenvalue weighted by atomic mass is 10.1. The predicted octanol–water partition coefficient (Wildman–Crippen LogP) is 2.04. The number of hydrogen-bond acceptors (Lipinski definition) is 4. The number of carbonyl (C=O) groups excluding carboxylic acids is 1. The van der Waals surface area contributed by atoms with Crippen LogP contribution in [0.3, 0.4) is 0 Å². The molecule has 3 rings (SSSR count). The van der Waals surface area contributed by atoms with E-state index in [1.165, 1.54) is 6.20 Å². The van der Waals surface area contributed by atoms with Gasteiger partial charge in [-0.25, -0.2) is 4.68 Å². The van der Waals surface area contributed by atoms with Gasteiger partial charge in [0.25, 0.3) is 5.91 Å². The Morgan fingerprint density at radius 3 is 2.91 bits per heavy atom. The highest BCUT2D eigenvalue weighted by Crippen LogP contribution is 2.57. The van der Waals surface area contributed by atoms with E-state index in [0.717, 1.165) is 24.1 Å². The van der Waals surface area contributed by atoms with Crippen LogP contribution in [0.1, 0.15) is 54.9 Å². The number of aliphatic imine (C=N–C) groups is 1. The van der Waals surface area contributed by atoms with Crippen LogP contribution < -0.4 is 11.1 Å². The van der Waals surface area contributed by atoms with E-state index < -0.39 is 0 Å². The van der Waals surface area contributed by atoms with Crippen molar-refractivity contribution in [1.82, 2.24) is 15.1 Å². The topological polar surface area (TPSA) is 85.3 Å². The van der Waals surface area contributed by atoms with E-state index in [0.29, 0.717) is 23.4 Å². The molecule has 0 saturated heterocycles. The third-order valence-electron chi connectivity index (χ3n) is 4.11. The first kappa shape index (κ1) is 15.5. The Labute approximate surface area is 136 Å². The van der Waals surface area contributed by atoms with E-state index >= 15 is 0 Å². The lowest BCUT2D eigenvalue weighted by molar-refractivity contribution is 0.0913. The third-order valence-corrected chi connectivity index (χ3v) is 4.11. The Balaban J connectivity index is 1.97. The summed E-state index contributed by atoms with van der Waals surface area (Å²) in [6.45, 7) is 9.44. The molecule has 2 atom stereocenters. The lowest BCUT2D eigenvalue weighted by Crippen LogP contribution is -2.41. The van der Waals surface area contributed by atoms with Gasteiger partial charge in [-0.15, -0.1) is 0 Å². The quantitative estimate of drug-likeness (QED) is 0.834. The highest BCUT2D eigenvalue weighted by atomic mass is 16.2. The Morgan fingerprint density at radius 2 is 2.26 bits per heavy atom. The van der Waals surface area contributed by atoms with E-state index in [2.05, 4.69) is 22.0 Å². The molecule has 1 amide bonds. The maximum atomic E-state index is 12.5. The molecule has 3 N–H and O–H groups in total. The van der Waals surface area contributed by atoms with Crippen molar-refractivity contribution in [2.75, 3.05) is 0 Å². The number of hydrogen-bond donors (Lipinski definition) is 2.